The zero-order valence-corrected chi connectivity index (χ0v) is 8.21. The average Bonchev–Trinajstić information content (AvgIpc) is 2.55. The third-order valence-corrected chi connectivity index (χ3v) is 2.92. The van der Waals surface area contributed by atoms with Crippen molar-refractivity contribution in [2.75, 3.05) is 6.54 Å². The minimum atomic E-state index is -0.132. The monoisotopic (exact) mass is 171 g/mol. The van der Waals surface area contributed by atoms with Gasteiger partial charge in [0.2, 0.25) is 0 Å². The summed E-state index contributed by atoms with van der Waals surface area (Å²) in [6.07, 6.45) is 4.92. The van der Waals surface area contributed by atoms with E-state index in [1.54, 1.807) is 0 Å². The van der Waals surface area contributed by atoms with Crippen LogP contribution < -0.4 is 5.32 Å². The molecule has 2 atom stereocenters. The molecule has 0 aromatic rings. The molecule has 2 unspecified atom stereocenters. The molecule has 0 heterocycles. The normalized spacial score (nSPS) is 24.2. The zero-order chi connectivity index (χ0) is 8.97. The van der Waals surface area contributed by atoms with Crippen LogP contribution in [0.2, 0.25) is 0 Å². The Morgan fingerprint density at radius 2 is 2.00 bits per heavy atom. The van der Waals surface area contributed by atoms with Crippen LogP contribution in [0.4, 0.5) is 0 Å². The van der Waals surface area contributed by atoms with E-state index in [1.807, 2.05) is 0 Å². The van der Waals surface area contributed by atoms with Crippen LogP contribution in [0.15, 0.2) is 0 Å². The van der Waals surface area contributed by atoms with E-state index in [2.05, 4.69) is 19.2 Å². The molecule has 1 saturated carbocycles. The topological polar surface area (TPSA) is 32.3 Å². The van der Waals surface area contributed by atoms with Gasteiger partial charge in [-0.3, -0.25) is 0 Å². The summed E-state index contributed by atoms with van der Waals surface area (Å²) in [6, 6.07) is 0.262. The number of hydrogen-bond acceptors (Lipinski definition) is 2. The maximum atomic E-state index is 9.89. The fraction of sp³-hybridized carbons (Fsp3) is 1.00. The number of nitrogens with one attached hydrogen (secondary N) is 1. The molecule has 72 valence electrons. The Kier molecular flexibility index (Phi) is 4.02. The number of aliphatic hydroxyl groups is 1. The van der Waals surface area contributed by atoms with E-state index in [-0.39, 0.29) is 12.1 Å². The maximum absolute atomic E-state index is 9.89. The fourth-order valence-corrected chi connectivity index (χ4v) is 2.15. The molecule has 1 rings (SSSR count). The van der Waals surface area contributed by atoms with Gasteiger partial charge >= 0.3 is 0 Å². The van der Waals surface area contributed by atoms with Gasteiger partial charge in [-0.15, -0.1) is 0 Å². The zero-order valence-electron chi connectivity index (χ0n) is 8.21. The Hall–Kier alpha value is -0.0800. The Balaban J connectivity index is 2.29. The van der Waals surface area contributed by atoms with Crippen molar-refractivity contribution in [2.45, 2.75) is 51.7 Å². The molecule has 2 nitrogen and oxygen atoms in total. The van der Waals surface area contributed by atoms with Gasteiger partial charge in [-0.2, -0.15) is 0 Å². The van der Waals surface area contributed by atoms with E-state index in [0.717, 1.165) is 6.54 Å². The molecule has 0 aliphatic heterocycles. The van der Waals surface area contributed by atoms with Crippen LogP contribution >= 0.6 is 0 Å². The van der Waals surface area contributed by atoms with Gasteiger partial charge in [0.1, 0.15) is 0 Å². The third kappa shape index (κ3) is 2.46. The molecule has 0 spiro atoms. The van der Waals surface area contributed by atoms with Crippen molar-refractivity contribution in [2.24, 2.45) is 5.92 Å². The van der Waals surface area contributed by atoms with Crippen LogP contribution in [0.3, 0.4) is 0 Å². The molecule has 1 fully saturated rings. The highest BCUT2D eigenvalue weighted by molar-refractivity contribution is 4.81. The first-order chi connectivity index (χ1) is 5.75. The molecule has 12 heavy (non-hydrogen) atoms. The lowest BCUT2D eigenvalue weighted by atomic mass is 9.95. The first-order valence-electron chi connectivity index (χ1n) is 5.17. The molecule has 0 saturated heterocycles. The van der Waals surface area contributed by atoms with Gasteiger partial charge in [0.15, 0.2) is 0 Å². The highest BCUT2D eigenvalue weighted by Gasteiger charge is 2.26. The van der Waals surface area contributed by atoms with Crippen molar-refractivity contribution in [1.29, 1.82) is 0 Å². The third-order valence-electron chi connectivity index (χ3n) is 2.92. The Morgan fingerprint density at radius 1 is 1.42 bits per heavy atom. The molecule has 1 aliphatic carbocycles. The molecule has 0 radical (unpaired) electrons. The Labute approximate surface area is 75.4 Å². The molecule has 0 aromatic heterocycles. The summed E-state index contributed by atoms with van der Waals surface area (Å²) >= 11 is 0. The summed E-state index contributed by atoms with van der Waals surface area (Å²) < 4.78 is 0. The minimum absolute atomic E-state index is 0.132. The molecular formula is C10H21NO. The van der Waals surface area contributed by atoms with Gasteiger partial charge in [0, 0.05) is 6.04 Å². The Morgan fingerprint density at radius 3 is 2.50 bits per heavy atom. The lowest BCUT2D eigenvalue weighted by Crippen LogP contribution is -2.40. The SMILES string of the molecule is CCNC(C)C(O)C1CCCC1. The van der Waals surface area contributed by atoms with Crippen LogP contribution in [0, 0.1) is 5.92 Å². The van der Waals surface area contributed by atoms with Crippen molar-refractivity contribution < 1.29 is 5.11 Å². The summed E-state index contributed by atoms with van der Waals surface area (Å²) in [4.78, 5) is 0. The highest BCUT2D eigenvalue weighted by atomic mass is 16.3. The van der Waals surface area contributed by atoms with Crippen molar-refractivity contribution in [3.8, 4) is 0 Å². The smallest absolute Gasteiger partial charge is 0.0718 e. The minimum Gasteiger partial charge on any atom is -0.391 e. The van der Waals surface area contributed by atoms with Gasteiger partial charge in [-0.25, -0.2) is 0 Å². The van der Waals surface area contributed by atoms with E-state index < -0.39 is 0 Å². The van der Waals surface area contributed by atoms with Crippen molar-refractivity contribution in [3.63, 3.8) is 0 Å². The number of likely N-dealkylation sites (N-methyl/N-ethyl adjacent to an activating group) is 1. The maximum Gasteiger partial charge on any atom is 0.0718 e. The van der Waals surface area contributed by atoms with Crippen molar-refractivity contribution in [1.82, 2.24) is 5.32 Å². The van der Waals surface area contributed by atoms with E-state index in [9.17, 15) is 5.11 Å². The number of hydrogen-bond donors (Lipinski definition) is 2. The summed E-state index contributed by atoms with van der Waals surface area (Å²) in [5.74, 6) is 0.555. The summed E-state index contributed by atoms with van der Waals surface area (Å²) in [5.41, 5.74) is 0. The molecule has 2 heteroatoms. The molecule has 0 amide bonds. The van der Waals surface area contributed by atoms with E-state index in [4.69, 9.17) is 0 Å². The van der Waals surface area contributed by atoms with Gasteiger partial charge in [0.05, 0.1) is 6.10 Å². The van der Waals surface area contributed by atoms with E-state index in [0.29, 0.717) is 5.92 Å². The highest BCUT2D eigenvalue weighted by Crippen LogP contribution is 2.28. The van der Waals surface area contributed by atoms with Crippen LogP contribution in [0.25, 0.3) is 0 Å². The van der Waals surface area contributed by atoms with Crippen LogP contribution in [0.1, 0.15) is 39.5 Å². The molecule has 0 bridgehead atoms. The predicted octanol–water partition coefficient (Wildman–Crippen LogP) is 1.54. The largest absolute Gasteiger partial charge is 0.391 e. The van der Waals surface area contributed by atoms with Crippen LogP contribution in [0.5, 0.6) is 0 Å². The molecule has 2 N–H and O–H groups in total. The van der Waals surface area contributed by atoms with Gasteiger partial charge < -0.3 is 10.4 Å². The second kappa shape index (κ2) is 4.83. The first kappa shape index (κ1) is 10.0. The standard InChI is InChI=1S/C10H21NO/c1-3-11-8(2)10(12)9-6-4-5-7-9/h8-12H,3-7H2,1-2H3. The lowest BCUT2D eigenvalue weighted by molar-refractivity contribution is 0.0777. The number of aliphatic hydroxyl groups excluding tert-OH is 1. The van der Waals surface area contributed by atoms with Gasteiger partial charge in [0.25, 0.3) is 0 Å². The Bertz CT molecular complexity index is 121. The average molecular weight is 171 g/mol. The molecule has 1 aliphatic rings. The van der Waals surface area contributed by atoms with Crippen LogP contribution in [-0.4, -0.2) is 23.8 Å². The second-order valence-corrected chi connectivity index (χ2v) is 3.88. The van der Waals surface area contributed by atoms with E-state index in [1.165, 1.54) is 25.7 Å². The molecular weight excluding hydrogens is 150 g/mol. The molecule has 0 aromatic carbocycles. The van der Waals surface area contributed by atoms with Crippen LogP contribution in [-0.2, 0) is 0 Å². The predicted molar refractivity (Wildman–Crippen MR) is 51.1 cm³/mol. The number of rotatable bonds is 4. The van der Waals surface area contributed by atoms with Crippen molar-refractivity contribution in [3.05, 3.63) is 0 Å². The van der Waals surface area contributed by atoms with E-state index >= 15 is 0 Å². The summed E-state index contributed by atoms with van der Waals surface area (Å²) in [7, 11) is 0. The van der Waals surface area contributed by atoms with Gasteiger partial charge in [-0.05, 0) is 32.2 Å². The fourth-order valence-electron chi connectivity index (χ4n) is 2.15. The summed E-state index contributed by atoms with van der Waals surface area (Å²) in [5, 5.41) is 13.2. The van der Waals surface area contributed by atoms with Gasteiger partial charge in [-0.1, -0.05) is 19.8 Å². The second-order valence-electron chi connectivity index (χ2n) is 3.88. The quantitative estimate of drug-likeness (QED) is 0.672. The summed E-state index contributed by atoms with van der Waals surface area (Å²) in [6.45, 7) is 5.11. The first-order valence-corrected chi connectivity index (χ1v) is 5.17. The van der Waals surface area contributed by atoms with Crippen molar-refractivity contribution >= 4 is 0 Å². The lowest BCUT2D eigenvalue weighted by Gasteiger charge is -2.24.